The Morgan fingerprint density at radius 2 is 0.878 bits per heavy atom. The number of aliphatic imine (C=N–C) groups is 2. The van der Waals surface area contributed by atoms with E-state index >= 15 is 0 Å². The lowest BCUT2D eigenvalue weighted by Gasteiger charge is -2.25. The van der Waals surface area contributed by atoms with E-state index in [2.05, 4.69) is 34.9 Å². The summed E-state index contributed by atoms with van der Waals surface area (Å²) in [4.78, 5) is 33.8. The van der Waals surface area contributed by atoms with Crippen molar-refractivity contribution in [2.45, 2.75) is 79.6 Å². The molecule has 0 saturated heterocycles. The molecule has 0 spiro atoms. The van der Waals surface area contributed by atoms with Gasteiger partial charge in [0.2, 0.25) is 17.8 Å². The SMILES string of the molecule is C.C.CC(C)C(NC(=NCc1ccc(Cl)cc1)N1CC(c2ccccc2)C(c2ccc(Cl)cc2)=N1)C(=O)O.CC(C)C(NC(=NCc1ccc(Cl)cc1)N1CC(c2ccccc2)C(c2ccc(Cl)cc2)=N1)C(N)=O. The minimum atomic E-state index is -0.940. The Balaban J connectivity index is 0.000000267. The van der Waals surface area contributed by atoms with E-state index in [4.69, 9.17) is 72.3 Å². The Morgan fingerprint density at radius 3 is 1.19 bits per heavy atom. The summed E-state index contributed by atoms with van der Waals surface area (Å²) in [5.74, 6) is -0.692. The van der Waals surface area contributed by atoms with Crippen molar-refractivity contribution in [2.24, 2.45) is 37.8 Å². The Kier molecular flexibility index (Phi) is 21.7. The van der Waals surface area contributed by atoms with Gasteiger partial charge in [-0.25, -0.2) is 24.8 Å². The van der Waals surface area contributed by atoms with E-state index in [1.807, 2.05) is 166 Å². The number of rotatable bonds is 14. The first kappa shape index (κ1) is 58.2. The van der Waals surface area contributed by atoms with E-state index in [1.54, 1.807) is 5.01 Å². The van der Waals surface area contributed by atoms with Crippen LogP contribution in [-0.4, -0.2) is 75.5 Å². The van der Waals surface area contributed by atoms with Crippen molar-refractivity contribution in [3.8, 4) is 0 Å². The van der Waals surface area contributed by atoms with Gasteiger partial charge in [-0.2, -0.15) is 10.2 Å². The molecule has 0 aromatic heterocycles. The lowest BCUT2D eigenvalue weighted by Crippen LogP contribution is -2.51. The van der Waals surface area contributed by atoms with Gasteiger partial charge in [-0.1, -0.05) is 198 Å². The van der Waals surface area contributed by atoms with Crippen molar-refractivity contribution in [1.29, 1.82) is 0 Å². The molecule has 4 unspecified atom stereocenters. The number of benzene rings is 6. The molecule has 0 saturated carbocycles. The maximum Gasteiger partial charge on any atom is 0.326 e. The summed E-state index contributed by atoms with van der Waals surface area (Å²) in [7, 11) is 0. The van der Waals surface area contributed by atoms with Crippen LogP contribution in [0.4, 0.5) is 0 Å². The number of nitrogens with one attached hydrogen (secondary N) is 2. The zero-order valence-corrected chi connectivity index (χ0v) is 43.4. The normalized spacial score (nSPS) is 16.2. The first-order chi connectivity index (χ1) is 34.6. The van der Waals surface area contributed by atoms with Crippen molar-refractivity contribution >= 4 is 81.6 Å². The number of nitrogens with two attached hydrogens (primary N) is 1. The third-order valence-electron chi connectivity index (χ3n) is 12.1. The topological polar surface area (TPSA) is 160 Å². The predicted molar refractivity (Wildman–Crippen MR) is 307 cm³/mol. The standard InChI is InChI=1S/C28H29Cl2N5O.C28H28Cl2N4O2.2CH4/c1-18(2)25(27(31)36)33-28(32-16-19-8-12-22(29)13-9-19)35-17-24(20-6-4-3-5-7-20)26(34-35)21-10-14-23(30)15-11-21;1-18(2)25(27(35)36)32-28(31-16-19-8-12-22(29)13-9-19)34-17-24(20-6-4-3-5-7-20)26(33-34)21-10-14-23(30)15-11-21;;/h3-15,18,24-25H,16-17H2,1-2H3,(H2,31,36)(H,32,33);3-15,18,24-25H,16-17H2,1-2H3,(H,31,32)(H,35,36);2*1H4. The van der Waals surface area contributed by atoms with Gasteiger partial charge in [-0.05, 0) is 93.7 Å². The summed E-state index contributed by atoms with van der Waals surface area (Å²) in [5.41, 5.74) is 13.6. The lowest BCUT2D eigenvalue weighted by molar-refractivity contribution is -0.140. The predicted octanol–water partition coefficient (Wildman–Crippen LogP) is 12.8. The number of carboxylic acid groups (broad SMARTS) is 1. The third kappa shape index (κ3) is 15.7. The molecule has 2 aliphatic heterocycles. The summed E-state index contributed by atoms with van der Waals surface area (Å²) < 4.78 is 0. The molecular weight excluding hydrogens is 1010 g/mol. The molecule has 0 aliphatic carbocycles. The van der Waals surface area contributed by atoms with Gasteiger partial charge in [0.15, 0.2) is 0 Å². The molecule has 8 rings (SSSR count). The number of halogens is 4. The highest BCUT2D eigenvalue weighted by atomic mass is 35.5. The van der Waals surface area contributed by atoms with Crippen LogP contribution in [-0.2, 0) is 22.7 Å². The van der Waals surface area contributed by atoms with Gasteiger partial charge >= 0.3 is 5.97 Å². The van der Waals surface area contributed by atoms with Crippen LogP contribution >= 0.6 is 46.4 Å². The van der Waals surface area contributed by atoms with Gasteiger partial charge < -0.3 is 21.5 Å². The Hall–Kier alpha value is -6.70. The van der Waals surface area contributed by atoms with Gasteiger partial charge in [0.1, 0.15) is 12.1 Å². The molecule has 0 radical (unpaired) electrons. The molecule has 2 aliphatic rings. The average molecular weight is 1080 g/mol. The zero-order chi connectivity index (χ0) is 51.3. The molecule has 0 bridgehead atoms. The fourth-order valence-corrected chi connectivity index (χ4v) is 8.70. The second kappa shape index (κ2) is 27.5. The first-order valence-electron chi connectivity index (χ1n) is 23.6. The molecule has 4 atom stereocenters. The molecule has 388 valence electrons. The monoisotopic (exact) mass is 1080 g/mol. The number of amides is 1. The molecular formula is C58H65Cl4N9O3. The highest BCUT2D eigenvalue weighted by Crippen LogP contribution is 2.32. The van der Waals surface area contributed by atoms with Crippen molar-refractivity contribution in [1.82, 2.24) is 20.7 Å². The molecule has 2 heterocycles. The molecule has 74 heavy (non-hydrogen) atoms. The minimum Gasteiger partial charge on any atom is -0.480 e. The van der Waals surface area contributed by atoms with Gasteiger partial charge in [-0.3, -0.25) is 4.79 Å². The number of carboxylic acids is 1. The Morgan fingerprint density at radius 1 is 0.554 bits per heavy atom. The molecule has 12 nitrogen and oxygen atoms in total. The fraction of sp³-hybridized carbons (Fsp3) is 0.276. The van der Waals surface area contributed by atoms with Crippen molar-refractivity contribution in [2.75, 3.05) is 13.1 Å². The van der Waals surface area contributed by atoms with E-state index in [1.165, 1.54) is 0 Å². The highest BCUT2D eigenvalue weighted by Gasteiger charge is 2.35. The number of carbonyl (C=O) groups is 2. The number of carbonyl (C=O) groups excluding carboxylic acids is 1. The van der Waals surface area contributed by atoms with Gasteiger partial charge in [0, 0.05) is 31.9 Å². The molecule has 16 heteroatoms. The number of hydrazone groups is 2. The van der Waals surface area contributed by atoms with Crippen molar-refractivity contribution < 1.29 is 14.7 Å². The number of nitrogens with zero attached hydrogens (tertiary/aromatic N) is 6. The maximum atomic E-state index is 12.2. The number of hydrogen-bond acceptors (Lipinski definition) is 6. The van der Waals surface area contributed by atoms with Crippen LogP contribution in [0.5, 0.6) is 0 Å². The van der Waals surface area contributed by atoms with Crippen LogP contribution in [0.1, 0.15) is 87.8 Å². The van der Waals surface area contributed by atoms with E-state index in [0.717, 1.165) is 44.8 Å². The van der Waals surface area contributed by atoms with Crippen LogP contribution in [0.3, 0.4) is 0 Å². The quantitative estimate of drug-likeness (QED) is 0.0624. The number of aliphatic carboxylic acids is 1. The van der Waals surface area contributed by atoms with Crippen LogP contribution in [0, 0.1) is 11.8 Å². The summed E-state index contributed by atoms with van der Waals surface area (Å²) >= 11 is 24.3. The van der Waals surface area contributed by atoms with Crippen LogP contribution in [0.2, 0.25) is 20.1 Å². The smallest absolute Gasteiger partial charge is 0.326 e. The van der Waals surface area contributed by atoms with Crippen molar-refractivity contribution in [3.63, 3.8) is 0 Å². The van der Waals surface area contributed by atoms with E-state index in [9.17, 15) is 14.7 Å². The largest absolute Gasteiger partial charge is 0.480 e. The summed E-state index contributed by atoms with van der Waals surface area (Å²) in [6.07, 6.45) is 0. The molecule has 6 aromatic rings. The second-order valence-electron chi connectivity index (χ2n) is 18.1. The maximum absolute atomic E-state index is 12.2. The van der Waals surface area contributed by atoms with E-state index in [-0.39, 0.29) is 38.5 Å². The summed E-state index contributed by atoms with van der Waals surface area (Å²) in [6, 6.07) is 49.2. The third-order valence-corrected chi connectivity index (χ3v) is 13.1. The second-order valence-corrected chi connectivity index (χ2v) is 19.8. The fourth-order valence-electron chi connectivity index (χ4n) is 8.20. The molecule has 0 fully saturated rings. The average Bonchev–Trinajstić information content (AvgIpc) is 4.02. The summed E-state index contributed by atoms with van der Waals surface area (Å²) in [6.45, 7) is 9.42. The zero-order valence-electron chi connectivity index (χ0n) is 40.3. The van der Waals surface area contributed by atoms with E-state index in [0.29, 0.717) is 58.2 Å². The molecule has 1 amide bonds. The van der Waals surface area contributed by atoms with E-state index < -0.39 is 24.0 Å². The van der Waals surface area contributed by atoms with Crippen molar-refractivity contribution in [3.05, 3.63) is 211 Å². The Bertz CT molecular complexity index is 2680. The van der Waals surface area contributed by atoms with Gasteiger partial charge in [0.25, 0.3) is 0 Å². The summed E-state index contributed by atoms with van der Waals surface area (Å²) in [5, 5.41) is 32.4. The highest BCUT2D eigenvalue weighted by molar-refractivity contribution is 6.31. The number of guanidine groups is 2. The lowest BCUT2D eigenvalue weighted by atomic mass is 9.91. The Labute approximate surface area is 456 Å². The number of primary amides is 1. The first-order valence-corrected chi connectivity index (χ1v) is 25.1. The number of hydrogen-bond donors (Lipinski definition) is 4. The van der Waals surface area contributed by atoms with Crippen LogP contribution in [0.15, 0.2) is 178 Å². The molecule has 5 N–H and O–H groups in total. The minimum absolute atomic E-state index is 0. The van der Waals surface area contributed by atoms with Gasteiger partial charge in [-0.15, -0.1) is 0 Å². The molecule has 6 aromatic carbocycles. The van der Waals surface area contributed by atoms with Crippen LogP contribution < -0.4 is 16.4 Å². The van der Waals surface area contributed by atoms with Gasteiger partial charge in [0.05, 0.1) is 37.6 Å². The van der Waals surface area contributed by atoms with Crippen LogP contribution in [0.25, 0.3) is 0 Å².